The van der Waals surface area contributed by atoms with Crippen LogP contribution in [0.3, 0.4) is 0 Å². The summed E-state index contributed by atoms with van der Waals surface area (Å²) in [5.41, 5.74) is 7.02. The van der Waals surface area contributed by atoms with Gasteiger partial charge in [-0.05, 0) is 30.7 Å². The Morgan fingerprint density at radius 3 is 2.62 bits per heavy atom. The van der Waals surface area contributed by atoms with Gasteiger partial charge in [-0.3, -0.25) is 9.59 Å². The molecule has 2 aromatic carbocycles. The van der Waals surface area contributed by atoms with Crippen LogP contribution in [-0.2, 0) is 18.4 Å². The number of nitrogens with two attached hydrogens (primary N) is 1. The Bertz CT molecular complexity index is 1030. The zero-order valence-corrected chi connectivity index (χ0v) is 16.9. The van der Waals surface area contributed by atoms with Gasteiger partial charge in [-0.25, -0.2) is 0 Å². The highest BCUT2D eigenvalue weighted by atomic mass is 32.2. The monoisotopic (exact) mass is 411 g/mol. The number of carbonyl (C=O) groups excluding carboxylic acids is 2. The Morgan fingerprint density at radius 1 is 1.14 bits per heavy atom. The second-order valence-electron chi connectivity index (χ2n) is 6.26. The topological polar surface area (TPSA) is 112 Å². The molecule has 0 aliphatic rings. The van der Waals surface area contributed by atoms with E-state index in [9.17, 15) is 9.59 Å². The van der Waals surface area contributed by atoms with Gasteiger partial charge in [0.05, 0.1) is 17.0 Å². The van der Waals surface area contributed by atoms with Crippen LogP contribution in [-0.4, -0.2) is 32.3 Å². The molecule has 0 saturated heterocycles. The number of nitrogens with zero attached hydrogens (tertiary/aromatic N) is 3. The molecule has 0 aliphatic heterocycles. The average Bonchev–Trinajstić information content (AvgIpc) is 3.05. The molecule has 0 aliphatic carbocycles. The van der Waals surface area contributed by atoms with Crippen LogP contribution in [0.1, 0.15) is 21.7 Å². The Balaban J connectivity index is 1.57. The predicted molar refractivity (Wildman–Crippen MR) is 111 cm³/mol. The minimum atomic E-state index is -0.597. The van der Waals surface area contributed by atoms with Crippen LogP contribution in [0.5, 0.6) is 5.75 Å². The third-order valence-electron chi connectivity index (χ3n) is 4.17. The lowest BCUT2D eigenvalue weighted by Crippen LogP contribution is -2.19. The lowest BCUT2D eigenvalue weighted by atomic mass is 10.1. The van der Waals surface area contributed by atoms with Crippen molar-refractivity contribution in [1.82, 2.24) is 14.8 Å². The number of ether oxygens (including phenoxy) is 1. The fourth-order valence-electron chi connectivity index (χ4n) is 2.58. The Labute approximate surface area is 172 Å². The molecule has 3 rings (SSSR count). The number of anilines is 1. The summed E-state index contributed by atoms with van der Waals surface area (Å²) in [6.07, 6.45) is 0. The summed E-state index contributed by atoms with van der Waals surface area (Å²) in [6, 6.07) is 14.3. The largest absolute Gasteiger partial charge is 0.485 e. The van der Waals surface area contributed by atoms with Crippen molar-refractivity contribution in [2.24, 2.45) is 12.8 Å². The van der Waals surface area contributed by atoms with Gasteiger partial charge in [-0.15, -0.1) is 10.2 Å². The fourth-order valence-corrected chi connectivity index (χ4v) is 3.31. The molecule has 3 aromatic rings. The van der Waals surface area contributed by atoms with Crippen molar-refractivity contribution in [3.05, 3.63) is 65.5 Å². The van der Waals surface area contributed by atoms with E-state index < -0.39 is 5.91 Å². The van der Waals surface area contributed by atoms with Crippen molar-refractivity contribution in [3.8, 4) is 5.75 Å². The highest BCUT2D eigenvalue weighted by Crippen LogP contribution is 2.20. The van der Waals surface area contributed by atoms with Crippen molar-refractivity contribution >= 4 is 29.3 Å². The van der Waals surface area contributed by atoms with Crippen molar-refractivity contribution in [2.45, 2.75) is 18.7 Å². The van der Waals surface area contributed by atoms with Crippen LogP contribution in [0.25, 0.3) is 0 Å². The molecule has 2 amide bonds. The van der Waals surface area contributed by atoms with Crippen LogP contribution >= 0.6 is 11.8 Å². The van der Waals surface area contributed by atoms with Crippen molar-refractivity contribution < 1.29 is 14.3 Å². The molecule has 29 heavy (non-hydrogen) atoms. The summed E-state index contributed by atoms with van der Waals surface area (Å²) in [5.74, 6) is 0.676. The van der Waals surface area contributed by atoms with Crippen molar-refractivity contribution in [3.63, 3.8) is 0 Å². The van der Waals surface area contributed by atoms with E-state index in [1.165, 1.54) is 11.8 Å². The highest BCUT2D eigenvalue weighted by Gasteiger charge is 2.14. The second-order valence-corrected chi connectivity index (χ2v) is 7.20. The number of benzene rings is 2. The van der Waals surface area contributed by atoms with Crippen LogP contribution in [0.2, 0.25) is 0 Å². The maximum Gasteiger partial charge on any atom is 0.250 e. The van der Waals surface area contributed by atoms with Crippen LogP contribution in [0.15, 0.2) is 53.7 Å². The fraction of sp³-hybridized carbons (Fsp3) is 0.200. The molecule has 0 spiro atoms. The van der Waals surface area contributed by atoms with Gasteiger partial charge in [0.15, 0.2) is 11.0 Å². The molecule has 0 bridgehead atoms. The molecule has 3 N–H and O–H groups in total. The Hall–Kier alpha value is -3.33. The van der Waals surface area contributed by atoms with Crippen LogP contribution in [0, 0.1) is 6.92 Å². The summed E-state index contributed by atoms with van der Waals surface area (Å²) >= 11 is 1.24. The third kappa shape index (κ3) is 5.14. The van der Waals surface area contributed by atoms with Gasteiger partial charge < -0.3 is 20.4 Å². The smallest absolute Gasteiger partial charge is 0.250 e. The quantitative estimate of drug-likeness (QED) is 0.551. The molecule has 9 heteroatoms. The molecular formula is C20H21N5O3S. The number of hydrogen-bond donors (Lipinski definition) is 2. The first-order valence-corrected chi connectivity index (χ1v) is 9.82. The molecule has 1 heterocycles. The lowest BCUT2D eigenvalue weighted by molar-refractivity contribution is -0.113. The number of hydrogen-bond acceptors (Lipinski definition) is 6. The first kappa shape index (κ1) is 20.4. The molecule has 8 nitrogen and oxygen atoms in total. The molecular weight excluding hydrogens is 390 g/mol. The maximum atomic E-state index is 12.3. The highest BCUT2D eigenvalue weighted by molar-refractivity contribution is 7.99. The summed E-state index contributed by atoms with van der Waals surface area (Å²) in [7, 11) is 1.82. The first-order valence-electron chi connectivity index (χ1n) is 8.84. The van der Waals surface area contributed by atoms with E-state index in [2.05, 4.69) is 15.5 Å². The van der Waals surface area contributed by atoms with E-state index in [1.807, 2.05) is 38.2 Å². The Morgan fingerprint density at radius 2 is 1.86 bits per heavy atom. The number of amides is 2. The van der Waals surface area contributed by atoms with Gasteiger partial charge in [-0.1, -0.05) is 42.1 Å². The van der Waals surface area contributed by atoms with Gasteiger partial charge in [0.2, 0.25) is 5.91 Å². The minimum absolute atomic E-state index is 0.109. The minimum Gasteiger partial charge on any atom is -0.485 e. The van der Waals surface area contributed by atoms with E-state index in [-0.39, 0.29) is 23.8 Å². The van der Waals surface area contributed by atoms with E-state index in [0.717, 1.165) is 11.3 Å². The van der Waals surface area contributed by atoms with E-state index in [1.54, 1.807) is 28.8 Å². The first-order chi connectivity index (χ1) is 14.0. The van der Waals surface area contributed by atoms with Gasteiger partial charge in [-0.2, -0.15) is 0 Å². The van der Waals surface area contributed by atoms with E-state index >= 15 is 0 Å². The molecule has 0 fully saturated rings. The molecule has 0 saturated carbocycles. The van der Waals surface area contributed by atoms with E-state index in [4.69, 9.17) is 10.5 Å². The van der Waals surface area contributed by atoms with Crippen LogP contribution in [0.4, 0.5) is 5.69 Å². The molecule has 0 radical (unpaired) electrons. The number of rotatable bonds is 8. The van der Waals surface area contributed by atoms with Gasteiger partial charge in [0, 0.05) is 7.05 Å². The number of para-hydroxylation sites is 2. The number of primary amides is 1. The average molecular weight is 411 g/mol. The Kier molecular flexibility index (Phi) is 6.50. The van der Waals surface area contributed by atoms with Crippen molar-refractivity contribution in [2.75, 3.05) is 11.1 Å². The molecule has 0 atom stereocenters. The van der Waals surface area contributed by atoms with Gasteiger partial charge in [0.1, 0.15) is 12.4 Å². The summed E-state index contributed by atoms with van der Waals surface area (Å²) in [6.45, 7) is 2.25. The number of aryl methyl sites for hydroxylation is 1. The SMILES string of the molecule is Cc1ccccc1OCc1nnc(SCC(=O)Nc2ccccc2C(N)=O)n1C. The number of nitrogens with one attached hydrogen (secondary N) is 1. The molecule has 1 aromatic heterocycles. The lowest BCUT2D eigenvalue weighted by Gasteiger charge is -2.09. The molecule has 0 unspecified atom stereocenters. The molecule has 150 valence electrons. The summed E-state index contributed by atoms with van der Waals surface area (Å²) in [5, 5.41) is 11.5. The number of aromatic nitrogens is 3. The standard InChI is InChI=1S/C20H21N5O3S/c1-13-7-3-6-10-16(13)28-11-17-23-24-20(25(17)2)29-12-18(26)22-15-9-5-4-8-14(15)19(21)27/h3-10H,11-12H2,1-2H3,(H2,21,27)(H,22,26). The zero-order chi connectivity index (χ0) is 20.8. The van der Waals surface area contributed by atoms with Gasteiger partial charge in [0.25, 0.3) is 5.91 Å². The van der Waals surface area contributed by atoms with E-state index in [0.29, 0.717) is 16.7 Å². The zero-order valence-electron chi connectivity index (χ0n) is 16.1. The van der Waals surface area contributed by atoms with Gasteiger partial charge >= 0.3 is 0 Å². The summed E-state index contributed by atoms with van der Waals surface area (Å²) < 4.78 is 7.59. The third-order valence-corrected chi connectivity index (χ3v) is 5.19. The maximum absolute atomic E-state index is 12.3. The second kappa shape index (κ2) is 9.24. The normalized spacial score (nSPS) is 10.6. The predicted octanol–water partition coefficient (Wildman–Crippen LogP) is 2.53. The van der Waals surface area contributed by atoms with Crippen LogP contribution < -0.4 is 15.8 Å². The number of thioether (sulfide) groups is 1. The summed E-state index contributed by atoms with van der Waals surface area (Å²) in [4.78, 5) is 23.7. The van der Waals surface area contributed by atoms with Crippen molar-refractivity contribution in [1.29, 1.82) is 0 Å². The number of carbonyl (C=O) groups is 2.